The molecule has 0 radical (unpaired) electrons. The van der Waals surface area contributed by atoms with Gasteiger partial charge in [-0.3, -0.25) is 0 Å². The van der Waals surface area contributed by atoms with Crippen molar-refractivity contribution < 1.29 is 9.53 Å². The Morgan fingerprint density at radius 1 is 1.27 bits per heavy atom. The fraction of sp³-hybridized carbons (Fsp3) is 0.944. The van der Waals surface area contributed by atoms with Gasteiger partial charge >= 0.3 is 6.09 Å². The Labute approximate surface area is 136 Å². The Kier molecular flexibility index (Phi) is 5.41. The summed E-state index contributed by atoms with van der Waals surface area (Å²) >= 11 is 0. The summed E-state index contributed by atoms with van der Waals surface area (Å²) in [6, 6.07) is 0.704. The van der Waals surface area contributed by atoms with E-state index in [2.05, 4.69) is 19.2 Å². The number of nitrogens with one attached hydrogen (secondary N) is 1. The van der Waals surface area contributed by atoms with E-state index in [0.29, 0.717) is 11.5 Å². The van der Waals surface area contributed by atoms with Crippen LogP contribution in [0, 0.1) is 11.3 Å². The number of ether oxygens (including phenoxy) is 1. The molecule has 1 aliphatic heterocycles. The van der Waals surface area contributed by atoms with Crippen molar-refractivity contribution in [2.45, 2.75) is 78.4 Å². The van der Waals surface area contributed by atoms with E-state index in [1.807, 2.05) is 25.7 Å². The Morgan fingerprint density at radius 2 is 1.91 bits per heavy atom. The van der Waals surface area contributed by atoms with Crippen molar-refractivity contribution in [3.63, 3.8) is 0 Å². The molecule has 128 valence electrons. The second kappa shape index (κ2) is 6.77. The second-order valence-electron chi connectivity index (χ2n) is 8.77. The van der Waals surface area contributed by atoms with Crippen molar-refractivity contribution in [1.82, 2.24) is 10.2 Å². The molecule has 1 heterocycles. The van der Waals surface area contributed by atoms with Gasteiger partial charge in [0.25, 0.3) is 0 Å². The van der Waals surface area contributed by atoms with Crippen molar-refractivity contribution in [2.75, 3.05) is 19.6 Å². The van der Waals surface area contributed by atoms with Crippen molar-refractivity contribution in [3.05, 3.63) is 0 Å². The second-order valence-corrected chi connectivity index (χ2v) is 8.77. The zero-order valence-corrected chi connectivity index (χ0v) is 15.1. The predicted octanol–water partition coefficient (Wildman–Crippen LogP) is 3.80. The van der Waals surface area contributed by atoms with E-state index in [9.17, 15) is 4.79 Å². The van der Waals surface area contributed by atoms with E-state index in [1.54, 1.807) is 0 Å². The first-order chi connectivity index (χ1) is 10.2. The lowest BCUT2D eigenvalue weighted by Gasteiger charge is -2.40. The maximum atomic E-state index is 12.1. The van der Waals surface area contributed by atoms with Crippen LogP contribution in [0.25, 0.3) is 0 Å². The summed E-state index contributed by atoms with van der Waals surface area (Å²) in [5.41, 5.74) is -0.0943. The monoisotopic (exact) mass is 310 g/mol. The van der Waals surface area contributed by atoms with Gasteiger partial charge < -0.3 is 15.0 Å². The van der Waals surface area contributed by atoms with E-state index in [0.717, 1.165) is 38.4 Å². The van der Waals surface area contributed by atoms with E-state index in [1.165, 1.54) is 19.3 Å². The van der Waals surface area contributed by atoms with Gasteiger partial charge in [0, 0.05) is 25.7 Å². The van der Waals surface area contributed by atoms with E-state index < -0.39 is 5.60 Å². The minimum Gasteiger partial charge on any atom is -0.444 e. The third kappa shape index (κ3) is 5.15. The van der Waals surface area contributed by atoms with Gasteiger partial charge in [-0.2, -0.15) is 0 Å². The molecule has 2 rings (SSSR count). The average molecular weight is 310 g/mol. The summed E-state index contributed by atoms with van der Waals surface area (Å²) in [4.78, 5) is 14.0. The number of hydrogen-bond acceptors (Lipinski definition) is 3. The number of likely N-dealkylation sites (tertiary alicyclic amines) is 1. The van der Waals surface area contributed by atoms with Gasteiger partial charge in [-0.05, 0) is 64.2 Å². The minimum atomic E-state index is -0.404. The minimum absolute atomic E-state index is 0.160. The molecule has 1 saturated heterocycles. The zero-order chi connectivity index (χ0) is 16.4. The molecule has 0 aromatic heterocycles. The summed E-state index contributed by atoms with van der Waals surface area (Å²) in [5, 5.41) is 3.77. The van der Waals surface area contributed by atoms with Crippen LogP contribution in [-0.2, 0) is 4.74 Å². The van der Waals surface area contributed by atoms with Gasteiger partial charge in [-0.1, -0.05) is 13.8 Å². The van der Waals surface area contributed by atoms with E-state index in [4.69, 9.17) is 4.74 Å². The van der Waals surface area contributed by atoms with E-state index in [-0.39, 0.29) is 6.09 Å². The molecular weight excluding hydrogens is 276 g/mol. The maximum Gasteiger partial charge on any atom is 0.410 e. The number of rotatable bonds is 3. The Bertz CT molecular complexity index is 381. The summed E-state index contributed by atoms with van der Waals surface area (Å²) < 4.78 is 5.47. The molecule has 0 bridgehead atoms. The van der Waals surface area contributed by atoms with Gasteiger partial charge in [0.2, 0.25) is 0 Å². The molecule has 2 atom stereocenters. The molecule has 4 nitrogen and oxygen atoms in total. The van der Waals surface area contributed by atoms with Crippen LogP contribution in [0.1, 0.15) is 66.7 Å². The highest BCUT2D eigenvalue weighted by molar-refractivity contribution is 5.68. The largest absolute Gasteiger partial charge is 0.444 e. The van der Waals surface area contributed by atoms with Crippen molar-refractivity contribution >= 4 is 6.09 Å². The van der Waals surface area contributed by atoms with Gasteiger partial charge in [-0.15, -0.1) is 0 Å². The highest BCUT2D eigenvalue weighted by Gasteiger charge is 2.34. The highest BCUT2D eigenvalue weighted by Crippen LogP contribution is 2.32. The smallest absolute Gasteiger partial charge is 0.410 e. The summed E-state index contributed by atoms with van der Waals surface area (Å²) in [7, 11) is 0. The normalized spacial score (nSPS) is 28.7. The van der Waals surface area contributed by atoms with Gasteiger partial charge in [-0.25, -0.2) is 4.79 Å². The lowest BCUT2D eigenvalue weighted by Crippen LogP contribution is -2.48. The first-order valence-electron chi connectivity index (χ1n) is 8.88. The molecule has 1 N–H and O–H groups in total. The van der Waals surface area contributed by atoms with Crippen LogP contribution >= 0.6 is 0 Å². The molecule has 1 saturated carbocycles. The fourth-order valence-corrected chi connectivity index (χ4v) is 3.52. The topological polar surface area (TPSA) is 41.6 Å². The quantitative estimate of drug-likeness (QED) is 0.862. The fourth-order valence-electron chi connectivity index (χ4n) is 3.52. The molecule has 0 aromatic carbocycles. The lowest BCUT2D eigenvalue weighted by molar-refractivity contribution is 0.0117. The first kappa shape index (κ1) is 17.6. The predicted molar refractivity (Wildman–Crippen MR) is 90.0 cm³/mol. The molecule has 2 aliphatic rings. The van der Waals surface area contributed by atoms with E-state index >= 15 is 0 Å². The molecule has 2 unspecified atom stereocenters. The SMILES string of the molecule is CC1CCC(NCC2(C)CCN(C(=O)OC(C)(C)C)CC2)C1. The lowest BCUT2D eigenvalue weighted by atomic mass is 9.80. The van der Waals surface area contributed by atoms with Crippen LogP contribution in [0.4, 0.5) is 4.79 Å². The third-order valence-electron chi connectivity index (χ3n) is 5.13. The molecule has 0 spiro atoms. The Balaban J connectivity index is 1.74. The molecular formula is C18H34N2O2. The van der Waals surface area contributed by atoms with Gasteiger partial charge in [0.1, 0.15) is 5.60 Å². The van der Waals surface area contributed by atoms with Crippen LogP contribution in [0.3, 0.4) is 0 Å². The highest BCUT2D eigenvalue weighted by atomic mass is 16.6. The summed E-state index contributed by atoms with van der Waals surface area (Å²) in [6.07, 6.45) is 5.96. The van der Waals surface area contributed by atoms with Crippen LogP contribution in [0.5, 0.6) is 0 Å². The van der Waals surface area contributed by atoms with Gasteiger partial charge in [0.05, 0.1) is 0 Å². The number of hydrogen-bond donors (Lipinski definition) is 1. The number of piperidine rings is 1. The van der Waals surface area contributed by atoms with Crippen molar-refractivity contribution in [2.24, 2.45) is 11.3 Å². The van der Waals surface area contributed by atoms with Gasteiger partial charge in [0.15, 0.2) is 0 Å². The molecule has 1 aliphatic carbocycles. The van der Waals surface area contributed by atoms with Crippen LogP contribution in [0.2, 0.25) is 0 Å². The molecule has 1 amide bonds. The third-order valence-corrected chi connectivity index (χ3v) is 5.13. The van der Waals surface area contributed by atoms with Crippen molar-refractivity contribution in [3.8, 4) is 0 Å². The van der Waals surface area contributed by atoms with Crippen LogP contribution in [0.15, 0.2) is 0 Å². The maximum absolute atomic E-state index is 12.1. The average Bonchev–Trinajstić information content (AvgIpc) is 2.81. The van der Waals surface area contributed by atoms with Crippen molar-refractivity contribution in [1.29, 1.82) is 0 Å². The molecule has 22 heavy (non-hydrogen) atoms. The summed E-state index contributed by atoms with van der Waals surface area (Å²) in [5.74, 6) is 0.874. The Morgan fingerprint density at radius 3 is 2.41 bits per heavy atom. The van der Waals surface area contributed by atoms with Crippen LogP contribution < -0.4 is 5.32 Å². The van der Waals surface area contributed by atoms with Crippen LogP contribution in [-0.4, -0.2) is 42.3 Å². The zero-order valence-electron chi connectivity index (χ0n) is 15.1. The molecule has 4 heteroatoms. The number of amides is 1. The number of carbonyl (C=O) groups excluding carboxylic acids is 1. The summed E-state index contributed by atoms with van der Waals surface area (Å²) in [6.45, 7) is 13.2. The number of carbonyl (C=O) groups is 1. The molecule has 2 fully saturated rings. The Hall–Kier alpha value is -0.770. The molecule has 0 aromatic rings. The standard InChI is InChI=1S/C18H34N2O2/c1-14-6-7-15(12-14)19-13-18(5)8-10-20(11-9-18)16(21)22-17(2,3)4/h14-15,19H,6-13H2,1-5H3. The first-order valence-corrected chi connectivity index (χ1v) is 8.88. The number of nitrogens with zero attached hydrogens (tertiary/aromatic N) is 1.